The third-order valence-electron chi connectivity index (χ3n) is 3.92. The Balaban J connectivity index is 2.17. The summed E-state index contributed by atoms with van der Waals surface area (Å²) < 4.78 is 0.900. The van der Waals surface area contributed by atoms with Crippen LogP contribution < -0.4 is 5.32 Å². The van der Waals surface area contributed by atoms with E-state index in [0.717, 1.165) is 10.2 Å². The zero-order valence-corrected chi connectivity index (χ0v) is 16.0. The summed E-state index contributed by atoms with van der Waals surface area (Å²) in [5, 5.41) is 2.97. The molecule has 0 aromatic heterocycles. The molecule has 1 N–H and O–H groups in total. The highest BCUT2D eigenvalue weighted by Crippen LogP contribution is 2.30. The minimum absolute atomic E-state index is 0.0811. The number of rotatable bonds is 3. The Kier molecular flexibility index (Phi) is 5.30. The number of amides is 1. The molecule has 0 saturated heterocycles. The van der Waals surface area contributed by atoms with Gasteiger partial charge >= 0.3 is 0 Å². The molecule has 0 aliphatic rings. The molecule has 0 bridgehead atoms. The second-order valence-corrected chi connectivity index (χ2v) is 8.03. The molecule has 2 nitrogen and oxygen atoms in total. The Morgan fingerprint density at radius 1 is 1.04 bits per heavy atom. The summed E-state index contributed by atoms with van der Waals surface area (Å²) in [5.74, 6) is 0.371. The summed E-state index contributed by atoms with van der Waals surface area (Å²) in [7, 11) is 0. The highest BCUT2D eigenvalue weighted by Gasteiger charge is 2.16. The zero-order valence-electron chi connectivity index (χ0n) is 14.4. The van der Waals surface area contributed by atoms with Crippen LogP contribution in [0.3, 0.4) is 0 Å². The SMILES string of the molecule is CC(C)c1ccc(C(=O)Nc2ccc(C(C)(C)C)cc2Br)cc1. The Morgan fingerprint density at radius 3 is 2.13 bits per heavy atom. The van der Waals surface area contributed by atoms with Crippen LogP contribution in [-0.4, -0.2) is 5.91 Å². The van der Waals surface area contributed by atoms with E-state index in [0.29, 0.717) is 11.5 Å². The van der Waals surface area contributed by atoms with Gasteiger partial charge in [-0.15, -0.1) is 0 Å². The van der Waals surface area contributed by atoms with E-state index in [1.165, 1.54) is 11.1 Å². The molecule has 2 aromatic carbocycles. The molecule has 23 heavy (non-hydrogen) atoms. The number of hydrogen-bond donors (Lipinski definition) is 1. The van der Waals surface area contributed by atoms with Crippen molar-refractivity contribution in [3.63, 3.8) is 0 Å². The molecule has 0 spiro atoms. The first-order chi connectivity index (χ1) is 10.7. The maximum atomic E-state index is 12.4. The van der Waals surface area contributed by atoms with Gasteiger partial charge in [-0.2, -0.15) is 0 Å². The third kappa shape index (κ3) is 4.44. The minimum Gasteiger partial charge on any atom is -0.321 e. The minimum atomic E-state index is -0.0930. The fourth-order valence-corrected chi connectivity index (χ4v) is 2.77. The molecule has 2 rings (SSSR count). The van der Waals surface area contributed by atoms with E-state index in [-0.39, 0.29) is 11.3 Å². The summed E-state index contributed by atoms with van der Waals surface area (Å²) in [5.41, 5.74) is 4.00. The van der Waals surface area contributed by atoms with Gasteiger partial charge in [0.05, 0.1) is 5.69 Å². The number of hydrogen-bond acceptors (Lipinski definition) is 1. The van der Waals surface area contributed by atoms with Gasteiger partial charge in [-0.25, -0.2) is 0 Å². The van der Waals surface area contributed by atoms with Crippen molar-refractivity contribution in [2.24, 2.45) is 0 Å². The molecular formula is C20H24BrNO. The maximum Gasteiger partial charge on any atom is 0.255 e. The topological polar surface area (TPSA) is 29.1 Å². The van der Waals surface area contributed by atoms with Gasteiger partial charge < -0.3 is 5.32 Å². The van der Waals surface area contributed by atoms with E-state index < -0.39 is 0 Å². The van der Waals surface area contributed by atoms with Crippen LogP contribution in [-0.2, 0) is 5.41 Å². The molecule has 0 atom stereocenters. The molecule has 1 amide bonds. The molecular weight excluding hydrogens is 350 g/mol. The van der Waals surface area contributed by atoms with Crippen LogP contribution in [0.5, 0.6) is 0 Å². The van der Waals surface area contributed by atoms with Crippen molar-refractivity contribution in [3.05, 3.63) is 63.6 Å². The smallest absolute Gasteiger partial charge is 0.255 e. The van der Waals surface area contributed by atoms with Crippen LogP contribution in [0.1, 0.15) is 62.0 Å². The molecule has 0 heterocycles. The normalized spacial score (nSPS) is 11.6. The molecule has 0 fully saturated rings. The Morgan fingerprint density at radius 2 is 1.65 bits per heavy atom. The lowest BCUT2D eigenvalue weighted by Crippen LogP contribution is -2.14. The van der Waals surface area contributed by atoms with Gasteiger partial charge in [0.15, 0.2) is 0 Å². The van der Waals surface area contributed by atoms with E-state index in [1.807, 2.05) is 30.3 Å². The van der Waals surface area contributed by atoms with Crippen molar-refractivity contribution < 1.29 is 4.79 Å². The highest BCUT2D eigenvalue weighted by atomic mass is 79.9. The first-order valence-electron chi connectivity index (χ1n) is 7.90. The van der Waals surface area contributed by atoms with Crippen LogP contribution in [0, 0.1) is 0 Å². The number of nitrogens with one attached hydrogen (secondary N) is 1. The average molecular weight is 374 g/mol. The number of carbonyl (C=O) groups is 1. The third-order valence-corrected chi connectivity index (χ3v) is 4.58. The molecule has 2 aromatic rings. The average Bonchev–Trinajstić information content (AvgIpc) is 2.48. The second kappa shape index (κ2) is 6.88. The molecule has 3 heteroatoms. The Bertz CT molecular complexity index is 697. The van der Waals surface area contributed by atoms with Crippen molar-refractivity contribution in [2.75, 3.05) is 5.32 Å². The van der Waals surface area contributed by atoms with E-state index in [1.54, 1.807) is 0 Å². The van der Waals surface area contributed by atoms with Crippen LogP contribution in [0.25, 0.3) is 0 Å². The Labute approximate surface area is 147 Å². The van der Waals surface area contributed by atoms with Gasteiger partial charge in [-0.1, -0.05) is 52.8 Å². The predicted octanol–water partition coefficient (Wildman–Crippen LogP) is 6.12. The van der Waals surface area contributed by atoms with E-state index in [9.17, 15) is 4.79 Å². The van der Waals surface area contributed by atoms with Gasteiger partial charge in [0.25, 0.3) is 5.91 Å². The van der Waals surface area contributed by atoms with Crippen LogP contribution in [0.4, 0.5) is 5.69 Å². The first kappa shape index (κ1) is 17.7. The van der Waals surface area contributed by atoms with E-state index >= 15 is 0 Å². The number of benzene rings is 2. The van der Waals surface area contributed by atoms with E-state index in [2.05, 4.69) is 68.0 Å². The van der Waals surface area contributed by atoms with Crippen molar-refractivity contribution in [1.29, 1.82) is 0 Å². The molecule has 0 aliphatic carbocycles. The van der Waals surface area contributed by atoms with Gasteiger partial charge in [-0.05, 0) is 62.7 Å². The quantitative estimate of drug-likeness (QED) is 0.689. The standard InChI is InChI=1S/C20H24BrNO/c1-13(2)14-6-8-15(9-7-14)19(23)22-18-11-10-16(12-17(18)21)20(3,4)5/h6-13H,1-5H3,(H,22,23). The van der Waals surface area contributed by atoms with Gasteiger partial charge in [0, 0.05) is 10.0 Å². The van der Waals surface area contributed by atoms with Crippen molar-refractivity contribution in [1.82, 2.24) is 0 Å². The maximum absolute atomic E-state index is 12.4. The second-order valence-electron chi connectivity index (χ2n) is 7.18. The molecule has 0 unspecified atom stereocenters. The summed E-state index contributed by atoms with van der Waals surface area (Å²) in [6.07, 6.45) is 0. The van der Waals surface area contributed by atoms with Crippen molar-refractivity contribution in [2.45, 2.75) is 46.0 Å². The van der Waals surface area contributed by atoms with Crippen molar-refractivity contribution >= 4 is 27.5 Å². The lowest BCUT2D eigenvalue weighted by atomic mass is 9.87. The largest absolute Gasteiger partial charge is 0.321 e. The first-order valence-corrected chi connectivity index (χ1v) is 8.69. The van der Waals surface area contributed by atoms with Gasteiger partial charge in [0.1, 0.15) is 0 Å². The highest BCUT2D eigenvalue weighted by molar-refractivity contribution is 9.10. The summed E-state index contributed by atoms with van der Waals surface area (Å²) >= 11 is 3.56. The number of carbonyl (C=O) groups excluding carboxylic acids is 1. The lowest BCUT2D eigenvalue weighted by Gasteiger charge is -2.20. The summed E-state index contributed by atoms with van der Waals surface area (Å²) in [6, 6.07) is 13.9. The number of anilines is 1. The van der Waals surface area contributed by atoms with Crippen molar-refractivity contribution in [3.8, 4) is 0 Å². The predicted molar refractivity (Wildman–Crippen MR) is 101 cm³/mol. The fraction of sp³-hybridized carbons (Fsp3) is 0.350. The van der Waals surface area contributed by atoms with E-state index in [4.69, 9.17) is 0 Å². The van der Waals surface area contributed by atoms with Gasteiger partial charge in [-0.3, -0.25) is 4.79 Å². The molecule has 0 saturated carbocycles. The van der Waals surface area contributed by atoms with Gasteiger partial charge in [0.2, 0.25) is 0 Å². The monoisotopic (exact) mass is 373 g/mol. The zero-order chi connectivity index (χ0) is 17.2. The van der Waals surface area contributed by atoms with Crippen LogP contribution in [0.2, 0.25) is 0 Å². The summed E-state index contributed by atoms with van der Waals surface area (Å²) in [6.45, 7) is 10.8. The molecule has 122 valence electrons. The molecule has 0 aliphatic heterocycles. The van der Waals surface area contributed by atoms with Crippen LogP contribution in [0.15, 0.2) is 46.9 Å². The summed E-state index contributed by atoms with van der Waals surface area (Å²) in [4.78, 5) is 12.4. The lowest BCUT2D eigenvalue weighted by molar-refractivity contribution is 0.102. The fourth-order valence-electron chi connectivity index (χ4n) is 2.30. The number of halogens is 1. The van der Waals surface area contributed by atoms with Crippen LogP contribution >= 0.6 is 15.9 Å². The Hall–Kier alpha value is -1.61. The molecule has 0 radical (unpaired) electrons.